The number of benzene rings is 1. The molecule has 1 aromatic heterocycles. The molecule has 1 N–H and O–H groups in total. The second kappa shape index (κ2) is 7.09. The highest BCUT2D eigenvalue weighted by Crippen LogP contribution is 2.16. The van der Waals surface area contributed by atoms with Crippen molar-refractivity contribution < 1.29 is 14.3 Å². The highest BCUT2D eigenvalue weighted by molar-refractivity contribution is 5.95. The molecule has 0 spiro atoms. The number of hydrogen-bond donors (Lipinski definition) is 1. The number of furan rings is 1. The molecule has 0 radical (unpaired) electrons. The molecule has 0 bridgehead atoms. The molecule has 0 saturated carbocycles. The van der Waals surface area contributed by atoms with Crippen molar-refractivity contribution in [1.29, 1.82) is 0 Å². The minimum Gasteiger partial charge on any atom is -0.466 e. The number of aliphatic hydroxyl groups is 1. The Kier molecular flexibility index (Phi) is 5.17. The van der Waals surface area contributed by atoms with Gasteiger partial charge in [-0.05, 0) is 31.9 Å². The van der Waals surface area contributed by atoms with Gasteiger partial charge in [-0.25, -0.2) is 0 Å². The van der Waals surface area contributed by atoms with Gasteiger partial charge in [0.05, 0.1) is 12.2 Å². The average Bonchev–Trinajstić information content (AvgIpc) is 2.82. The number of rotatable bonds is 6. The van der Waals surface area contributed by atoms with Gasteiger partial charge in [0.15, 0.2) is 0 Å². The molecule has 1 amide bonds. The third-order valence-corrected chi connectivity index (χ3v) is 3.44. The zero-order valence-electron chi connectivity index (χ0n) is 12.5. The Labute approximate surface area is 125 Å². The summed E-state index contributed by atoms with van der Waals surface area (Å²) in [5.74, 6) is 1.26. The van der Waals surface area contributed by atoms with Gasteiger partial charge in [0.2, 0.25) is 0 Å². The van der Waals surface area contributed by atoms with Gasteiger partial charge in [0.1, 0.15) is 11.5 Å². The van der Waals surface area contributed by atoms with Gasteiger partial charge in [-0.1, -0.05) is 30.3 Å². The number of hydrogen-bond acceptors (Lipinski definition) is 3. The zero-order chi connectivity index (χ0) is 15.2. The summed E-state index contributed by atoms with van der Waals surface area (Å²) >= 11 is 0. The zero-order valence-corrected chi connectivity index (χ0v) is 12.5. The number of nitrogens with zero attached hydrogens (tertiary/aromatic N) is 1. The summed E-state index contributed by atoms with van der Waals surface area (Å²) in [7, 11) is 0. The van der Waals surface area contributed by atoms with Crippen LogP contribution in [-0.4, -0.2) is 35.6 Å². The molecule has 1 heterocycles. The Hall–Kier alpha value is -2.07. The first-order valence-electron chi connectivity index (χ1n) is 7.13. The van der Waals surface area contributed by atoms with E-state index in [-0.39, 0.29) is 12.5 Å². The molecule has 0 aliphatic heterocycles. The largest absolute Gasteiger partial charge is 0.466 e. The fraction of sp³-hybridized carbons (Fsp3) is 0.353. The summed E-state index contributed by atoms with van der Waals surface area (Å²) < 4.78 is 5.42. The van der Waals surface area contributed by atoms with Crippen LogP contribution in [-0.2, 0) is 6.42 Å². The van der Waals surface area contributed by atoms with Crippen molar-refractivity contribution in [2.75, 3.05) is 19.7 Å². The van der Waals surface area contributed by atoms with Crippen LogP contribution in [0.3, 0.4) is 0 Å². The second-order valence-corrected chi connectivity index (χ2v) is 5.08. The summed E-state index contributed by atoms with van der Waals surface area (Å²) in [4.78, 5) is 14.2. The molecular formula is C17H21NO3. The molecule has 0 aliphatic rings. The fourth-order valence-electron chi connectivity index (χ4n) is 2.36. The lowest BCUT2D eigenvalue weighted by molar-refractivity contribution is 0.0722. The van der Waals surface area contributed by atoms with Gasteiger partial charge in [-0.3, -0.25) is 4.79 Å². The molecule has 0 unspecified atom stereocenters. The SMILES string of the molecule is Cc1cc(C(=O)N(CCO)CCc2ccccc2)c(C)o1. The van der Waals surface area contributed by atoms with E-state index in [1.807, 2.05) is 37.3 Å². The Morgan fingerprint density at radius 1 is 1.19 bits per heavy atom. The Morgan fingerprint density at radius 3 is 2.48 bits per heavy atom. The monoisotopic (exact) mass is 287 g/mol. The lowest BCUT2D eigenvalue weighted by Gasteiger charge is -2.21. The topological polar surface area (TPSA) is 53.7 Å². The summed E-state index contributed by atoms with van der Waals surface area (Å²) in [6.07, 6.45) is 0.766. The van der Waals surface area contributed by atoms with Crippen LogP contribution in [0.15, 0.2) is 40.8 Å². The standard InChI is InChI=1S/C17H21NO3/c1-13-12-16(14(2)21-13)17(20)18(10-11-19)9-8-15-6-4-3-5-7-15/h3-7,12,19H,8-11H2,1-2H3. The van der Waals surface area contributed by atoms with Crippen molar-refractivity contribution >= 4 is 5.91 Å². The normalized spacial score (nSPS) is 10.6. The van der Waals surface area contributed by atoms with Crippen molar-refractivity contribution in [3.8, 4) is 0 Å². The van der Waals surface area contributed by atoms with E-state index >= 15 is 0 Å². The van der Waals surface area contributed by atoms with Gasteiger partial charge in [-0.2, -0.15) is 0 Å². The molecule has 0 aliphatic carbocycles. The highest BCUT2D eigenvalue weighted by atomic mass is 16.3. The van der Waals surface area contributed by atoms with Crippen LogP contribution in [0, 0.1) is 13.8 Å². The number of carbonyl (C=O) groups excluding carboxylic acids is 1. The number of carbonyl (C=O) groups is 1. The fourth-order valence-corrected chi connectivity index (χ4v) is 2.36. The van der Waals surface area contributed by atoms with Gasteiger partial charge < -0.3 is 14.4 Å². The van der Waals surface area contributed by atoms with Crippen molar-refractivity contribution in [2.24, 2.45) is 0 Å². The van der Waals surface area contributed by atoms with E-state index in [9.17, 15) is 9.90 Å². The molecule has 4 heteroatoms. The summed E-state index contributed by atoms with van der Waals surface area (Å²) in [5, 5.41) is 9.19. The molecule has 2 aromatic rings. The van der Waals surface area contributed by atoms with E-state index in [2.05, 4.69) is 0 Å². The maximum absolute atomic E-state index is 12.5. The molecule has 0 saturated heterocycles. The predicted octanol–water partition coefficient (Wildman–Crippen LogP) is 2.57. The third kappa shape index (κ3) is 3.95. The van der Waals surface area contributed by atoms with Crippen LogP contribution in [0.1, 0.15) is 27.4 Å². The quantitative estimate of drug-likeness (QED) is 0.888. The van der Waals surface area contributed by atoms with Crippen molar-refractivity contribution in [3.63, 3.8) is 0 Å². The van der Waals surface area contributed by atoms with Crippen LogP contribution >= 0.6 is 0 Å². The average molecular weight is 287 g/mol. The molecule has 2 rings (SSSR count). The molecule has 4 nitrogen and oxygen atoms in total. The Balaban J connectivity index is 2.07. The maximum atomic E-state index is 12.5. The molecule has 0 atom stereocenters. The maximum Gasteiger partial charge on any atom is 0.257 e. The van der Waals surface area contributed by atoms with Crippen LogP contribution in [0.25, 0.3) is 0 Å². The number of amides is 1. The third-order valence-electron chi connectivity index (χ3n) is 3.44. The van der Waals surface area contributed by atoms with E-state index in [4.69, 9.17) is 4.42 Å². The smallest absolute Gasteiger partial charge is 0.257 e. The van der Waals surface area contributed by atoms with Crippen LogP contribution in [0.5, 0.6) is 0 Å². The summed E-state index contributed by atoms with van der Waals surface area (Å²) in [6, 6.07) is 11.8. The van der Waals surface area contributed by atoms with E-state index in [0.717, 1.165) is 12.2 Å². The van der Waals surface area contributed by atoms with Gasteiger partial charge in [0, 0.05) is 13.1 Å². The van der Waals surface area contributed by atoms with Crippen LogP contribution < -0.4 is 0 Å². The minimum atomic E-state index is -0.0886. The van der Waals surface area contributed by atoms with Crippen molar-refractivity contribution in [1.82, 2.24) is 4.90 Å². The Bertz CT molecular complexity index is 589. The molecular weight excluding hydrogens is 266 g/mol. The van der Waals surface area contributed by atoms with E-state index in [1.54, 1.807) is 17.9 Å². The van der Waals surface area contributed by atoms with E-state index in [0.29, 0.717) is 24.4 Å². The molecule has 1 aromatic carbocycles. The molecule has 112 valence electrons. The first-order valence-corrected chi connectivity index (χ1v) is 7.13. The molecule has 0 fully saturated rings. The highest BCUT2D eigenvalue weighted by Gasteiger charge is 2.19. The Morgan fingerprint density at radius 2 is 1.90 bits per heavy atom. The number of aryl methyl sites for hydroxylation is 2. The van der Waals surface area contributed by atoms with Gasteiger partial charge in [-0.15, -0.1) is 0 Å². The van der Waals surface area contributed by atoms with Gasteiger partial charge >= 0.3 is 0 Å². The number of aliphatic hydroxyl groups excluding tert-OH is 1. The van der Waals surface area contributed by atoms with E-state index in [1.165, 1.54) is 5.56 Å². The summed E-state index contributed by atoms with van der Waals surface area (Å²) in [5.41, 5.74) is 1.75. The van der Waals surface area contributed by atoms with Crippen molar-refractivity contribution in [3.05, 3.63) is 59.0 Å². The van der Waals surface area contributed by atoms with Crippen LogP contribution in [0.2, 0.25) is 0 Å². The minimum absolute atomic E-state index is 0.0452. The first-order chi connectivity index (χ1) is 10.1. The lowest BCUT2D eigenvalue weighted by Crippen LogP contribution is -2.35. The first kappa shape index (κ1) is 15.3. The summed E-state index contributed by atoms with van der Waals surface area (Å²) in [6.45, 7) is 4.47. The van der Waals surface area contributed by atoms with Crippen molar-refractivity contribution in [2.45, 2.75) is 20.3 Å². The second-order valence-electron chi connectivity index (χ2n) is 5.08. The predicted molar refractivity (Wildman–Crippen MR) is 81.3 cm³/mol. The molecule has 21 heavy (non-hydrogen) atoms. The van der Waals surface area contributed by atoms with Gasteiger partial charge in [0.25, 0.3) is 5.91 Å². The lowest BCUT2D eigenvalue weighted by atomic mass is 10.1. The van der Waals surface area contributed by atoms with Crippen LogP contribution in [0.4, 0.5) is 0 Å². The van der Waals surface area contributed by atoms with E-state index < -0.39 is 0 Å².